The average Bonchev–Trinajstić information content (AvgIpc) is 2.84. The molecule has 0 bridgehead atoms. The van der Waals surface area contributed by atoms with E-state index in [1.54, 1.807) is 5.32 Å². The van der Waals surface area contributed by atoms with Crippen LogP contribution in [-0.4, -0.2) is 43.1 Å². The van der Waals surface area contributed by atoms with Crippen LogP contribution < -0.4 is 15.4 Å². The zero-order chi connectivity index (χ0) is 33.1. The minimum Gasteiger partial charge on any atom is -0.404 e. The Morgan fingerprint density at radius 3 is 2.02 bits per heavy atom. The van der Waals surface area contributed by atoms with Crippen LogP contribution in [0.1, 0.15) is 39.9 Å². The van der Waals surface area contributed by atoms with Gasteiger partial charge in [0.15, 0.2) is 0 Å². The lowest BCUT2D eigenvalue weighted by Gasteiger charge is -2.20. The van der Waals surface area contributed by atoms with E-state index in [4.69, 9.17) is 11.6 Å². The molecule has 0 aromatic heterocycles. The van der Waals surface area contributed by atoms with E-state index in [9.17, 15) is 66.7 Å². The number of carbonyl (C=O) groups is 2. The van der Waals surface area contributed by atoms with Crippen LogP contribution in [0.4, 0.5) is 57.1 Å². The van der Waals surface area contributed by atoms with Crippen LogP contribution in [0.25, 0.3) is 5.83 Å². The zero-order valence-electron chi connectivity index (χ0n) is 20.9. The summed E-state index contributed by atoms with van der Waals surface area (Å²) in [5.41, 5.74) is -5.16. The number of hydrogen-bond donors (Lipinski definition) is 2. The van der Waals surface area contributed by atoms with Gasteiger partial charge in [0.25, 0.3) is 5.91 Å². The number of nitrogens with one attached hydrogen (secondary N) is 2. The molecule has 2 N–H and O–H groups in total. The SMILES string of the molecule is CC(NC(=O)c1ccc(/C(F)=C/C(c2ccc(OC(F)(F)F)c(Cl)c2)C(F)(F)F)cc1C(F)(F)F)C(=O)NCC(F)(F)F. The number of alkyl halides is 12. The number of amides is 2. The van der Waals surface area contributed by atoms with E-state index in [0.717, 1.165) is 6.92 Å². The van der Waals surface area contributed by atoms with E-state index in [-0.39, 0.29) is 12.1 Å². The Morgan fingerprint density at radius 1 is 0.930 bits per heavy atom. The van der Waals surface area contributed by atoms with Crippen molar-refractivity contribution in [3.05, 3.63) is 69.8 Å². The van der Waals surface area contributed by atoms with Crippen LogP contribution in [0.2, 0.25) is 5.02 Å². The molecule has 0 spiro atoms. The van der Waals surface area contributed by atoms with Crippen molar-refractivity contribution in [3.8, 4) is 5.75 Å². The van der Waals surface area contributed by atoms with Gasteiger partial charge in [0.1, 0.15) is 30.1 Å². The molecule has 2 atom stereocenters. The molecular weight excluding hydrogens is 647 g/mol. The summed E-state index contributed by atoms with van der Waals surface area (Å²) in [6, 6.07) is 0.278. The largest absolute Gasteiger partial charge is 0.573 e. The molecular formula is C24H16ClF13N2O3. The number of ether oxygens (including phenoxy) is 1. The number of halogens is 14. The van der Waals surface area contributed by atoms with Gasteiger partial charge in [-0.15, -0.1) is 13.2 Å². The maximum Gasteiger partial charge on any atom is 0.573 e. The lowest BCUT2D eigenvalue weighted by atomic mass is 9.95. The fourth-order valence-corrected chi connectivity index (χ4v) is 3.57. The van der Waals surface area contributed by atoms with Crippen molar-refractivity contribution < 1.29 is 71.4 Å². The molecule has 0 aliphatic rings. The topological polar surface area (TPSA) is 67.4 Å². The molecule has 0 heterocycles. The average molecular weight is 663 g/mol. The van der Waals surface area contributed by atoms with E-state index in [2.05, 4.69) is 4.74 Å². The number of carbonyl (C=O) groups excluding carboxylic acids is 2. The van der Waals surface area contributed by atoms with Gasteiger partial charge in [-0.2, -0.15) is 39.5 Å². The van der Waals surface area contributed by atoms with E-state index < -0.39 is 94.1 Å². The molecule has 2 rings (SSSR count). The minimum absolute atomic E-state index is 0.0319. The van der Waals surface area contributed by atoms with Gasteiger partial charge in [-0.3, -0.25) is 9.59 Å². The third-order valence-electron chi connectivity index (χ3n) is 5.26. The first kappa shape index (κ1) is 35.5. The Kier molecular flexibility index (Phi) is 10.6. The van der Waals surface area contributed by atoms with Crippen LogP contribution >= 0.6 is 11.6 Å². The molecule has 0 aliphatic heterocycles. The van der Waals surface area contributed by atoms with Gasteiger partial charge in [-0.1, -0.05) is 23.7 Å². The summed E-state index contributed by atoms with van der Waals surface area (Å²) in [6.45, 7) is -0.963. The van der Waals surface area contributed by atoms with Crippen LogP contribution in [0.15, 0.2) is 42.5 Å². The molecule has 0 saturated heterocycles. The summed E-state index contributed by atoms with van der Waals surface area (Å²) in [6.07, 6.45) is -21.0. The van der Waals surface area contributed by atoms with Gasteiger partial charge in [0.05, 0.1) is 16.1 Å². The quantitative estimate of drug-likeness (QED) is 0.285. The highest BCUT2D eigenvalue weighted by Gasteiger charge is 2.41. The Bertz CT molecular complexity index is 1370. The molecule has 2 aromatic carbocycles. The lowest BCUT2D eigenvalue weighted by Crippen LogP contribution is -2.47. The third kappa shape index (κ3) is 10.5. The molecule has 19 heteroatoms. The highest BCUT2D eigenvalue weighted by Crippen LogP contribution is 2.42. The van der Waals surface area contributed by atoms with Crippen molar-refractivity contribution in [2.45, 2.75) is 43.8 Å². The van der Waals surface area contributed by atoms with E-state index in [0.29, 0.717) is 30.3 Å². The van der Waals surface area contributed by atoms with E-state index >= 15 is 0 Å². The van der Waals surface area contributed by atoms with Crippen LogP contribution in [0.3, 0.4) is 0 Å². The second-order valence-electron chi connectivity index (χ2n) is 8.56. The molecule has 0 aliphatic carbocycles. The molecule has 0 radical (unpaired) electrons. The fraction of sp³-hybridized carbons (Fsp3) is 0.333. The van der Waals surface area contributed by atoms with Gasteiger partial charge in [-0.25, -0.2) is 4.39 Å². The fourth-order valence-electron chi connectivity index (χ4n) is 3.35. The van der Waals surface area contributed by atoms with Crippen molar-refractivity contribution in [2.75, 3.05) is 6.54 Å². The first-order valence-electron chi connectivity index (χ1n) is 11.2. The summed E-state index contributed by atoms with van der Waals surface area (Å²) in [4.78, 5) is 24.1. The standard InChI is InChI=1S/C24H16ClF13N2O3/c1-10(19(41)39-9-21(27,28)29)40-20(42)13-4-2-12(6-15(13)23(33,34)35)17(26)8-14(22(30,31)32)11-3-5-18(16(25)7-11)43-24(36,37)38/h2-8,10,14H,9H2,1H3,(H,39,41)(H,40,42)/b17-8-. The number of allylic oxidation sites excluding steroid dienone is 1. The van der Waals surface area contributed by atoms with Crippen LogP contribution in [0.5, 0.6) is 5.75 Å². The predicted molar refractivity (Wildman–Crippen MR) is 123 cm³/mol. The molecule has 5 nitrogen and oxygen atoms in total. The van der Waals surface area contributed by atoms with E-state index in [1.165, 1.54) is 5.32 Å². The monoisotopic (exact) mass is 662 g/mol. The molecule has 2 unspecified atom stereocenters. The highest BCUT2D eigenvalue weighted by atomic mass is 35.5. The Hall–Kier alpha value is -3.70. The van der Waals surface area contributed by atoms with Crippen molar-refractivity contribution in [3.63, 3.8) is 0 Å². The Labute approximate surface area is 237 Å². The number of rotatable bonds is 8. The van der Waals surface area contributed by atoms with Crippen molar-refractivity contribution >= 4 is 29.2 Å². The second-order valence-corrected chi connectivity index (χ2v) is 8.97. The molecule has 2 amide bonds. The maximum atomic E-state index is 14.9. The minimum atomic E-state index is -5.42. The zero-order valence-corrected chi connectivity index (χ0v) is 21.7. The Morgan fingerprint density at radius 2 is 1.53 bits per heavy atom. The lowest BCUT2D eigenvalue weighted by molar-refractivity contribution is -0.274. The van der Waals surface area contributed by atoms with Crippen molar-refractivity contribution in [2.24, 2.45) is 0 Å². The Balaban J connectivity index is 2.44. The van der Waals surface area contributed by atoms with Gasteiger partial charge >= 0.3 is 24.9 Å². The van der Waals surface area contributed by atoms with Gasteiger partial charge < -0.3 is 15.4 Å². The third-order valence-corrected chi connectivity index (χ3v) is 5.55. The summed E-state index contributed by atoms with van der Waals surface area (Å²) in [7, 11) is 0. The predicted octanol–water partition coefficient (Wildman–Crippen LogP) is 7.71. The van der Waals surface area contributed by atoms with Crippen LogP contribution in [0, 0.1) is 0 Å². The first-order valence-corrected chi connectivity index (χ1v) is 11.6. The summed E-state index contributed by atoms with van der Waals surface area (Å²) in [5, 5.41) is 2.17. The number of hydrogen-bond acceptors (Lipinski definition) is 3. The molecule has 0 fully saturated rings. The van der Waals surface area contributed by atoms with Gasteiger partial charge in [-0.05, 0) is 42.8 Å². The second kappa shape index (κ2) is 12.9. The highest BCUT2D eigenvalue weighted by molar-refractivity contribution is 6.32. The summed E-state index contributed by atoms with van der Waals surface area (Å²) < 4.78 is 175. The van der Waals surface area contributed by atoms with Gasteiger partial charge in [0, 0.05) is 5.56 Å². The number of benzene rings is 2. The normalized spacial score (nSPS) is 14.6. The molecule has 238 valence electrons. The summed E-state index contributed by atoms with van der Waals surface area (Å²) >= 11 is 5.55. The molecule has 0 saturated carbocycles. The van der Waals surface area contributed by atoms with Crippen molar-refractivity contribution in [1.82, 2.24) is 10.6 Å². The van der Waals surface area contributed by atoms with Crippen molar-refractivity contribution in [1.29, 1.82) is 0 Å². The molecule has 2 aromatic rings. The van der Waals surface area contributed by atoms with E-state index in [1.807, 2.05) is 0 Å². The first-order chi connectivity index (χ1) is 19.4. The maximum absolute atomic E-state index is 14.9. The summed E-state index contributed by atoms with van der Waals surface area (Å²) in [5.74, 6) is -8.97. The van der Waals surface area contributed by atoms with Gasteiger partial charge in [0.2, 0.25) is 5.91 Å². The smallest absolute Gasteiger partial charge is 0.404 e. The van der Waals surface area contributed by atoms with Crippen LogP contribution in [-0.2, 0) is 11.0 Å². The molecule has 43 heavy (non-hydrogen) atoms.